The number of nitrogens with one attached hydrogen (secondary N) is 1. The molecule has 2 aromatic rings. The average Bonchev–Trinajstić information content (AvgIpc) is 2.81. The van der Waals surface area contributed by atoms with Crippen molar-refractivity contribution in [3.8, 4) is 0 Å². The number of rotatable bonds is 3. The Morgan fingerprint density at radius 1 is 1.32 bits per heavy atom. The molecule has 22 heavy (non-hydrogen) atoms. The molecule has 2 aromatic heterocycles. The molecule has 0 saturated heterocycles. The third-order valence-corrected chi connectivity index (χ3v) is 4.59. The molecule has 1 amide bonds. The van der Waals surface area contributed by atoms with Crippen LogP contribution in [0.25, 0.3) is 0 Å². The van der Waals surface area contributed by atoms with Gasteiger partial charge in [0, 0.05) is 19.5 Å². The van der Waals surface area contributed by atoms with E-state index in [2.05, 4.69) is 41.0 Å². The van der Waals surface area contributed by atoms with Crippen molar-refractivity contribution in [2.45, 2.75) is 33.1 Å². The number of hydrogen-bond acceptors (Lipinski definition) is 6. The molecular formula is C15H21N5OS. The minimum absolute atomic E-state index is 0.0708. The van der Waals surface area contributed by atoms with Crippen LogP contribution in [0.2, 0.25) is 0 Å². The summed E-state index contributed by atoms with van der Waals surface area (Å²) in [6.45, 7) is 8.11. The van der Waals surface area contributed by atoms with Crippen LogP contribution in [0, 0.1) is 6.92 Å². The van der Waals surface area contributed by atoms with E-state index in [0.29, 0.717) is 16.4 Å². The highest BCUT2D eigenvalue weighted by molar-refractivity contribution is 7.14. The minimum atomic E-state index is -0.177. The van der Waals surface area contributed by atoms with E-state index in [9.17, 15) is 4.79 Å². The van der Waals surface area contributed by atoms with Crippen molar-refractivity contribution >= 4 is 28.7 Å². The predicted molar refractivity (Wildman–Crippen MR) is 89.9 cm³/mol. The molecule has 0 aromatic carbocycles. The highest BCUT2D eigenvalue weighted by atomic mass is 32.1. The number of hydrogen-bond donors (Lipinski definition) is 1. The van der Waals surface area contributed by atoms with Crippen LogP contribution in [-0.4, -0.2) is 35.0 Å². The maximum atomic E-state index is 12.5. The van der Waals surface area contributed by atoms with Gasteiger partial charge in [-0.2, -0.15) is 0 Å². The zero-order valence-corrected chi connectivity index (χ0v) is 14.6. The number of aryl methyl sites for hydroxylation is 1. The second-order valence-electron chi connectivity index (χ2n) is 6.29. The van der Waals surface area contributed by atoms with Gasteiger partial charge in [-0.3, -0.25) is 4.79 Å². The van der Waals surface area contributed by atoms with Gasteiger partial charge in [-0.05, 0) is 6.92 Å². The van der Waals surface area contributed by atoms with E-state index in [-0.39, 0.29) is 11.3 Å². The van der Waals surface area contributed by atoms with Crippen LogP contribution in [0.4, 0.5) is 11.5 Å². The number of carbonyl (C=O) groups is 1. The number of nitrogens with zero attached hydrogens (tertiary/aromatic N) is 4. The largest absolute Gasteiger partial charge is 0.361 e. The van der Waals surface area contributed by atoms with Crippen LogP contribution in [0.1, 0.15) is 41.1 Å². The molecule has 0 aliphatic rings. The van der Waals surface area contributed by atoms with E-state index in [1.54, 1.807) is 6.20 Å². The normalized spacial score (nSPS) is 11.4. The average molecular weight is 319 g/mol. The van der Waals surface area contributed by atoms with Crippen molar-refractivity contribution in [1.29, 1.82) is 0 Å². The van der Waals surface area contributed by atoms with Gasteiger partial charge in [0.2, 0.25) is 0 Å². The predicted octanol–water partition coefficient (Wildman–Crippen LogP) is 2.86. The molecule has 0 aliphatic heterocycles. The standard InChI is InChI=1S/C15H21N5OS/c1-9-11(22-14(18-9)15(2,3)4)13(21)19-10-7-16-8-17-12(10)20(5)6/h7-8H,1-6H3,(H,19,21). The Kier molecular flexibility index (Phi) is 4.46. The molecule has 0 aliphatic carbocycles. The number of amides is 1. The van der Waals surface area contributed by atoms with Crippen molar-refractivity contribution in [2.24, 2.45) is 0 Å². The molecule has 0 fully saturated rings. The quantitative estimate of drug-likeness (QED) is 0.942. The molecule has 0 bridgehead atoms. The van der Waals surface area contributed by atoms with E-state index in [0.717, 1.165) is 10.7 Å². The molecule has 0 saturated carbocycles. The third-order valence-electron chi connectivity index (χ3n) is 3.01. The Labute approximate surface area is 134 Å². The van der Waals surface area contributed by atoms with Gasteiger partial charge in [0.25, 0.3) is 5.91 Å². The minimum Gasteiger partial charge on any atom is -0.361 e. The summed E-state index contributed by atoms with van der Waals surface area (Å²) in [5, 5.41) is 3.83. The smallest absolute Gasteiger partial charge is 0.267 e. The fourth-order valence-electron chi connectivity index (χ4n) is 1.87. The first-order valence-corrected chi connectivity index (χ1v) is 7.78. The first kappa shape index (κ1) is 16.4. The van der Waals surface area contributed by atoms with E-state index < -0.39 is 0 Å². The lowest BCUT2D eigenvalue weighted by molar-refractivity contribution is 0.102. The zero-order valence-electron chi connectivity index (χ0n) is 13.8. The molecule has 118 valence electrons. The zero-order chi connectivity index (χ0) is 16.5. The summed E-state index contributed by atoms with van der Waals surface area (Å²) in [5.74, 6) is 0.491. The van der Waals surface area contributed by atoms with Gasteiger partial charge < -0.3 is 10.2 Å². The monoisotopic (exact) mass is 319 g/mol. The van der Waals surface area contributed by atoms with Crippen molar-refractivity contribution in [1.82, 2.24) is 15.0 Å². The van der Waals surface area contributed by atoms with Gasteiger partial charge in [0.15, 0.2) is 5.82 Å². The fourth-order valence-corrected chi connectivity index (χ4v) is 2.89. The number of thiazole rings is 1. The fraction of sp³-hybridized carbons (Fsp3) is 0.467. The van der Waals surface area contributed by atoms with Gasteiger partial charge in [-0.25, -0.2) is 15.0 Å². The number of anilines is 2. The van der Waals surface area contributed by atoms with E-state index >= 15 is 0 Å². The van der Waals surface area contributed by atoms with Gasteiger partial charge in [-0.1, -0.05) is 20.8 Å². The highest BCUT2D eigenvalue weighted by Crippen LogP contribution is 2.30. The molecule has 6 nitrogen and oxygen atoms in total. The summed E-state index contributed by atoms with van der Waals surface area (Å²) >= 11 is 1.43. The van der Waals surface area contributed by atoms with Crippen LogP contribution in [0.15, 0.2) is 12.5 Å². The highest BCUT2D eigenvalue weighted by Gasteiger charge is 2.23. The maximum absolute atomic E-state index is 12.5. The summed E-state index contributed by atoms with van der Waals surface area (Å²) in [5.41, 5.74) is 1.26. The third kappa shape index (κ3) is 3.41. The molecule has 2 heterocycles. The topological polar surface area (TPSA) is 71.0 Å². The molecule has 0 spiro atoms. The van der Waals surface area contributed by atoms with Crippen molar-refractivity contribution in [2.75, 3.05) is 24.3 Å². The molecule has 0 radical (unpaired) electrons. The van der Waals surface area contributed by atoms with Crippen molar-refractivity contribution in [3.63, 3.8) is 0 Å². The summed E-state index contributed by atoms with van der Waals surface area (Å²) in [6, 6.07) is 0. The Bertz CT molecular complexity index is 687. The lowest BCUT2D eigenvalue weighted by Crippen LogP contribution is -2.18. The Hall–Kier alpha value is -2.02. The summed E-state index contributed by atoms with van der Waals surface area (Å²) in [4.78, 5) is 27.7. The Morgan fingerprint density at radius 2 is 2.00 bits per heavy atom. The maximum Gasteiger partial charge on any atom is 0.267 e. The number of aromatic nitrogens is 3. The molecule has 7 heteroatoms. The van der Waals surface area contributed by atoms with Crippen LogP contribution < -0.4 is 10.2 Å². The lowest BCUT2D eigenvalue weighted by atomic mass is 9.98. The molecule has 2 rings (SSSR count). The van der Waals surface area contributed by atoms with Crippen LogP contribution in [0.3, 0.4) is 0 Å². The second-order valence-corrected chi connectivity index (χ2v) is 7.29. The SMILES string of the molecule is Cc1nc(C(C)(C)C)sc1C(=O)Nc1cncnc1N(C)C. The van der Waals surface area contributed by atoms with E-state index in [1.807, 2.05) is 25.9 Å². The molecule has 0 atom stereocenters. The summed E-state index contributed by atoms with van der Waals surface area (Å²) in [7, 11) is 3.74. The van der Waals surface area contributed by atoms with Gasteiger partial charge >= 0.3 is 0 Å². The van der Waals surface area contributed by atoms with Crippen LogP contribution in [0.5, 0.6) is 0 Å². The van der Waals surface area contributed by atoms with E-state index in [1.165, 1.54) is 17.7 Å². The first-order chi connectivity index (χ1) is 10.2. The van der Waals surface area contributed by atoms with Gasteiger partial charge in [0.05, 0.1) is 16.9 Å². The Morgan fingerprint density at radius 3 is 2.55 bits per heavy atom. The van der Waals surface area contributed by atoms with E-state index in [4.69, 9.17) is 0 Å². The summed E-state index contributed by atoms with van der Waals surface area (Å²) < 4.78 is 0. The summed E-state index contributed by atoms with van der Waals surface area (Å²) in [6.07, 6.45) is 3.06. The van der Waals surface area contributed by atoms with Gasteiger partial charge in [0.1, 0.15) is 16.9 Å². The van der Waals surface area contributed by atoms with Crippen molar-refractivity contribution < 1.29 is 4.79 Å². The second kappa shape index (κ2) is 6.00. The van der Waals surface area contributed by atoms with Crippen LogP contribution >= 0.6 is 11.3 Å². The first-order valence-electron chi connectivity index (χ1n) is 6.96. The Balaban J connectivity index is 2.29. The van der Waals surface area contributed by atoms with Crippen LogP contribution in [-0.2, 0) is 5.41 Å². The lowest BCUT2D eigenvalue weighted by Gasteiger charge is -2.15. The molecular weight excluding hydrogens is 298 g/mol. The molecule has 1 N–H and O–H groups in total. The molecule has 0 unspecified atom stereocenters. The van der Waals surface area contributed by atoms with Crippen molar-refractivity contribution in [3.05, 3.63) is 28.1 Å². The number of carbonyl (C=O) groups excluding carboxylic acids is 1. The van der Waals surface area contributed by atoms with Gasteiger partial charge in [-0.15, -0.1) is 11.3 Å².